The van der Waals surface area contributed by atoms with Gasteiger partial charge in [0.2, 0.25) is 11.8 Å². The van der Waals surface area contributed by atoms with E-state index < -0.39 is 18.8 Å². The Morgan fingerprint density at radius 1 is 1.28 bits per heavy atom. The van der Waals surface area contributed by atoms with Crippen molar-refractivity contribution in [3.05, 3.63) is 40.8 Å². The number of hydrogen-bond acceptors (Lipinski definition) is 6. The minimum absolute atomic E-state index is 0.0306. The fourth-order valence-corrected chi connectivity index (χ4v) is 4.85. The summed E-state index contributed by atoms with van der Waals surface area (Å²) >= 11 is 5.61. The molecule has 32 heavy (non-hydrogen) atoms. The number of carbonyl (C=O) groups excluding carboxylic acids is 1. The number of carbonyl (C=O) groups is 1. The topological polar surface area (TPSA) is 86.5 Å². The van der Waals surface area contributed by atoms with E-state index >= 15 is 0 Å². The summed E-state index contributed by atoms with van der Waals surface area (Å²) in [5, 5.41) is 11.0. The summed E-state index contributed by atoms with van der Waals surface area (Å²) < 4.78 is 64.8. The Morgan fingerprint density at radius 2 is 2.03 bits per heavy atom. The van der Waals surface area contributed by atoms with Crippen molar-refractivity contribution >= 4 is 17.5 Å². The van der Waals surface area contributed by atoms with Crippen molar-refractivity contribution in [2.45, 2.75) is 48.9 Å². The second-order valence-corrected chi connectivity index (χ2v) is 9.22. The predicted molar refractivity (Wildman–Crippen MR) is 100 cm³/mol. The van der Waals surface area contributed by atoms with Crippen molar-refractivity contribution in [3.63, 3.8) is 0 Å². The minimum atomic E-state index is -4.65. The normalized spacial score (nSPS) is 30.3. The molecule has 1 heterocycles. The van der Waals surface area contributed by atoms with Crippen LogP contribution in [-0.2, 0) is 14.9 Å². The van der Waals surface area contributed by atoms with Gasteiger partial charge in [-0.05, 0) is 43.7 Å². The van der Waals surface area contributed by atoms with E-state index in [-0.39, 0.29) is 46.1 Å². The van der Waals surface area contributed by atoms with Crippen molar-refractivity contribution in [2.75, 3.05) is 13.2 Å². The molecule has 4 fully saturated rings. The minimum Gasteiger partial charge on any atom is -0.484 e. The summed E-state index contributed by atoms with van der Waals surface area (Å²) in [7, 11) is 0. The fraction of sp³-hybridized carbons (Fsp3) is 0.550. The number of ether oxygens (including phenoxy) is 2. The number of nitrogens with one attached hydrogen (secondary N) is 1. The zero-order chi connectivity index (χ0) is 22.7. The summed E-state index contributed by atoms with van der Waals surface area (Å²) in [4.78, 5) is 12.2. The SMILES string of the molecule is O=C(COc1ccc(Cl)c(F)c1)NC12CC(c3nnc([C@H]4C[C@@H]4COC(F)(F)F)o3)(C1)C2. The van der Waals surface area contributed by atoms with E-state index in [4.69, 9.17) is 20.8 Å². The second-order valence-electron chi connectivity index (χ2n) is 8.81. The van der Waals surface area contributed by atoms with Gasteiger partial charge in [0.15, 0.2) is 6.61 Å². The predicted octanol–water partition coefficient (Wildman–Crippen LogP) is 3.87. The molecule has 4 aliphatic rings. The molecule has 2 atom stereocenters. The van der Waals surface area contributed by atoms with Crippen molar-refractivity contribution in [3.8, 4) is 5.75 Å². The maximum atomic E-state index is 13.4. The van der Waals surface area contributed by atoms with Gasteiger partial charge in [0, 0.05) is 17.5 Å². The number of halogens is 5. The van der Waals surface area contributed by atoms with Crippen LogP contribution in [0.2, 0.25) is 5.02 Å². The number of benzene rings is 1. The maximum absolute atomic E-state index is 13.4. The van der Waals surface area contributed by atoms with Gasteiger partial charge in [0.25, 0.3) is 5.91 Å². The van der Waals surface area contributed by atoms with Gasteiger partial charge in [-0.25, -0.2) is 4.39 Å². The number of hydrogen-bond donors (Lipinski definition) is 1. The standard InChI is InChI=1S/C20H18ClF4N3O4/c21-13-2-1-11(4-14(13)22)30-6-15(29)26-19-7-18(8-19,9-19)17-28-27-16(32-17)12-3-10(12)5-31-20(23,24)25/h1-2,4,10,12H,3,5-9H2,(H,26,29)/t10-,12+,18?,19?/m1/s1. The lowest BCUT2D eigenvalue weighted by Gasteiger charge is -2.68. The number of amides is 1. The van der Waals surface area contributed by atoms with Gasteiger partial charge in [-0.2, -0.15) is 0 Å². The van der Waals surface area contributed by atoms with E-state index in [1.54, 1.807) is 0 Å². The lowest BCUT2D eigenvalue weighted by Crippen LogP contribution is -2.77. The van der Waals surface area contributed by atoms with E-state index in [9.17, 15) is 22.4 Å². The van der Waals surface area contributed by atoms with Gasteiger partial charge < -0.3 is 14.5 Å². The monoisotopic (exact) mass is 475 g/mol. The Labute approximate surface area is 184 Å². The van der Waals surface area contributed by atoms with Gasteiger partial charge in [0.1, 0.15) is 11.6 Å². The van der Waals surface area contributed by atoms with Crippen molar-refractivity contribution in [1.82, 2.24) is 15.5 Å². The molecule has 4 saturated carbocycles. The molecular formula is C20H18ClF4N3O4. The van der Waals surface area contributed by atoms with Crippen LogP contribution in [0.1, 0.15) is 43.4 Å². The number of aromatic nitrogens is 2. The zero-order valence-corrected chi connectivity index (χ0v) is 17.3. The van der Waals surface area contributed by atoms with Gasteiger partial charge in [-0.1, -0.05) is 11.6 Å². The summed E-state index contributed by atoms with van der Waals surface area (Å²) in [6, 6.07) is 3.93. The first-order valence-corrected chi connectivity index (χ1v) is 10.4. The molecule has 4 aliphatic carbocycles. The van der Waals surface area contributed by atoms with Crippen LogP contribution in [0.3, 0.4) is 0 Å². The first kappa shape index (κ1) is 21.4. The number of rotatable bonds is 8. The summed E-state index contributed by atoms with van der Waals surface area (Å²) in [6.45, 7) is -0.680. The highest BCUT2D eigenvalue weighted by atomic mass is 35.5. The molecule has 1 aromatic heterocycles. The largest absolute Gasteiger partial charge is 0.522 e. The van der Waals surface area contributed by atoms with Gasteiger partial charge >= 0.3 is 6.36 Å². The van der Waals surface area contributed by atoms with Crippen LogP contribution >= 0.6 is 11.6 Å². The highest BCUT2D eigenvalue weighted by Gasteiger charge is 2.72. The van der Waals surface area contributed by atoms with Crippen LogP contribution in [0.4, 0.5) is 17.6 Å². The third kappa shape index (κ3) is 4.03. The van der Waals surface area contributed by atoms with Gasteiger partial charge in [-0.15, -0.1) is 23.4 Å². The smallest absolute Gasteiger partial charge is 0.484 e. The van der Waals surface area contributed by atoms with E-state index in [1.807, 2.05) is 0 Å². The molecule has 7 nitrogen and oxygen atoms in total. The van der Waals surface area contributed by atoms with Crippen LogP contribution in [0.25, 0.3) is 0 Å². The first-order valence-electron chi connectivity index (χ1n) is 10.00. The number of alkyl halides is 3. The average Bonchev–Trinajstić information content (AvgIpc) is 3.29. The van der Waals surface area contributed by atoms with Crippen LogP contribution in [0.15, 0.2) is 22.6 Å². The molecule has 2 bridgehead atoms. The Balaban J connectivity index is 1.08. The molecule has 172 valence electrons. The lowest BCUT2D eigenvalue weighted by atomic mass is 9.39. The highest BCUT2D eigenvalue weighted by Crippen LogP contribution is 2.67. The quantitative estimate of drug-likeness (QED) is 0.583. The summed E-state index contributed by atoms with van der Waals surface area (Å²) in [6.07, 6.45) is -2.23. The third-order valence-corrected chi connectivity index (χ3v) is 6.60. The van der Waals surface area contributed by atoms with Crippen LogP contribution < -0.4 is 10.1 Å². The fourth-order valence-electron chi connectivity index (χ4n) is 4.73. The molecule has 1 N–H and O–H groups in total. The molecule has 0 saturated heterocycles. The molecule has 0 spiro atoms. The lowest BCUT2D eigenvalue weighted by molar-refractivity contribution is -0.326. The van der Waals surface area contributed by atoms with Gasteiger partial charge in [0.05, 0.1) is 17.0 Å². The van der Waals surface area contributed by atoms with E-state index in [1.165, 1.54) is 12.1 Å². The molecule has 0 radical (unpaired) electrons. The molecule has 1 amide bonds. The molecule has 1 aromatic carbocycles. The van der Waals surface area contributed by atoms with Crippen molar-refractivity contribution < 1.29 is 36.2 Å². The van der Waals surface area contributed by atoms with Crippen LogP contribution in [-0.4, -0.2) is 41.2 Å². The zero-order valence-electron chi connectivity index (χ0n) is 16.5. The van der Waals surface area contributed by atoms with Gasteiger partial charge in [-0.3, -0.25) is 9.53 Å². The van der Waals surface area contributed by atoms with Crippen molar-refractivity contribution in [1.29, 1.82) is 0 Å². The molecule has 2 aromatic rings. The van der Waals surface area contributed by atoms with E-state index in [2.05, 4.69) is 20.3 Å². The van der Waals surface area contributed by atoms with E-state index in [0.717, 1.165) is 6.07 Å². The molecule has 0 aliphatic heterocycles. The maximum Gasteiger partial charge on any atom is 0.522 e. The second kappa shape index (κ2) is 7.31. The summed E-state index contributed by atoms with van der Waals surface area (Å²) in [5.74, 6) is -0.456. The first-order chi connectivity index (χ1) is 15.1. The highest BCUT2D eigenvalue weighted by molar-refractivity contribution is 6.30. The Bertz CT molecular complexity index is 1040. The van der Waals surface area contributed by atoms with Crippen molar-refractivity contribution in [2.24, 2.45) is 5.92 Å². The van der Waals surface area contributed by atoms with Crippen LogP contribution in [0.5, 0.6) is 5.75 Å². The summed E-state index contributed by atoms with van der Waals surface area (Å²) in [5.41, 5.74) is -0.658. The third-order valence-electron chi connectivity index (χ3n) is 6.29. The van der Waals surface area contributed by atoms with E-state index in [0.29, 0.717) is 37.5 Å². The Morgan fingerprint density at radius 3 is 2.72 bits per heavy atom. The Kier molecular flexibility index (Phi) is 4.90. The molecular weight excluding hydrogens is 458 g/mol. The molecule has 0 unspecified atom stereocenters. The average molecular weight is 476 g/mol. The molecule has 12 heteroatoms. The van der Waals surface area contributed by atoms with Crippen LogP contribution in [0, 0.1) is 11.7 Å². The number of nitrogens with zero attached hydrogens (tertiary/aromatic N) is 2. The Hall–Kier alpha value is -2.40. The molecule has 6 rings (SSSR count).